The van der Waals surface area contributed by atoms with Gasteiger partial charge in [-0.1, -0.05) is 25.0 Å². The Balaban J connectivity index is 2.01. The highest BCUT2D eigenvalue weighted by Crippen LogP contribution is 2.55. The molecule has 4 unspecified atom stereocenters. The van der Waals surface area contributed by atoms with Crippen LogP contribution in [0, 0.1) is 17.8 Å². The Morgan fingerprint density at radius 1 is 1.19 bits per heavy atom. The Labute approximate surface area is 127 Å². The number of phenolic OH excluding ortho intramolecular Hbond substituents is 1. The van der Waals surface area contributed by atoms with Crippen LogP contribution in [0.3, 0.4) is 0 Å². The third-order valence-electron chi connectivity index (χ3n) is 5.63. The van der Waals surface area contributed by atoms with Gasteiger partial charge in [0.2, 0.25) is 0 Å². The Hall–Kier alpha value is -1.06. The van der Waals surface area contributed by atoms with Crippen LogP contribution in [0.4, 0.5) is 0 Å². The van der Waals surface area contributed by atoms with Gasteiger partial charge in [0, 0.05) is 12.5 Å². The van der Waals surface area contributed by atoms with Crippen molar-refractivity contribution < 1.29 is 10.2 Å². The first-order valence-electron chi connectivity index (χ1n) is 8.18. The molecule has 3 heteroatoms. The lowest BCUT2D eigenvalue weighted by molar-refractivity contribution is -0.121. The minimum Gasteiger partial charge on any atom is -0.508 e. The van der Waals surface area contributed by atoms with Crippen LogP contribution in [-0.2, 0) is 5.60 Å². The molecule has 0 bridgehead atoms. The van der Waals surface area contributed by atoms with Gasteiger partial charge in [0.05, 0.1) is 5.60 Å². The van der Waals surface area contributed by atoms with Crippen molar-refractivity contribution in [2.24, 2.45) is 17.8 Å². The highest BCUT2D eigenvalue weighted by Gasteiger charge is 2.52. The van der Waals surface area contributed by atoms with Crippen molar-refractivity contribution in [2.75, 3.05) is 20.6 Å². The molecule has 2 saturated carbocycles. The molecule has 1 aromatic carbocycles. The van der Waals surface area contributed by atoms with E-state index in [0.717, 1.165) is 24.9 Å². The molecule has 21 heavy (non-hydrogen) atoms. The summed E-state index contributed by atoms with van der Waals surface area (Å²) in [6.07, 6.45) is 5.90. The van der Waals surface area contributed by atoms with Crippen LogP contribution in [-0.4, -0.2) is 35.8 Å². The summed E-state index contributed by atoms with van der Waals surface area (Å²) in [7, 11) is 4.15. The quantitative estimate of drug-likeness (QED) is 0.899. The van der Waals surface area contributed by atoms with Gasteiger partial charge in [0.15, 0.2) is 0 Å². The maximum atomic E-state index is 11.7. The average molecular weight is 289 g/mol. The second kappa shape index (κ2) is 5.62. The molecule has 2 N–H and O–H groups in total. The Morgan fingerprint density at radius 3 is 2.71 bits per heavy atom. The zero-order chi connectivity index (χ0) is 15.0. The van der Waals surface area contributed by atoms with E-state index in [2.05, 4.69) is 19.0 Å². The van der Waals surface area contributed by atoms with Gasteiger partial charge in [-0.05, 0) is 62.9 Å². The highest BCUT2D eigenvalue weighted by atomic mass is 16.3. The van der Waals surface area contributed by atoms with Crippen molar-refractivity contribution in [3.63, 3.8) is 0 Å². The van der Waals surface area contributed by atoms with Gasteiger partial charge in [-0.25, -0.2) is 0 Å². The van der Waals surface area contributed by atoms with Gasteiger partial charge in [-0.15, -0.1) is 0 Å². The molecule has 2 aliphatic rings. The number of nitrogens with zero attached hydrogens (tertiary/aromatic N) is 1. The minimum atomic E-state index is -0.789. The summed E-state index contributed by atoms with van der Waals surface area (Å²) in [5.41, 5.74) is 0.119. The second-order valence-corrected chi connectivity index (χ2v) is 7.21. The molecule has 0 amide bonds. The van der Waals surface area contributed by atoms with Crippen molar-refractivity contribution >= 4 is 0 Å². The summed E-state index contributed by atoms with van der Waals surface area (Å²) < 4.78 is 0. The van der Waals surface area contributed by atoms with E-state index in [1.165, 1.54) is 19.3 Å². The van der Waals surface area contributed by atoms with E-state index in [-0.39, 0.29) is 11.7 Å². The van der Waals surface area contributed by atoms with Gasteiger partial charge in [-0.3, -0.25) is 0 Å². The predicted molar refractivity (Wildman–Crippen MR) is 84.1 cm³/mol. The molecule has 3 rings (SSSR count). The van der Waals surface area contributed by atoms with Gasteiger partial charge in [0.25, 0.3) is 0 Å². The maximum Gasteiger partial charge on any atom is 0.115 e. The monoisotopic (exact) mass is 289 g/mol. The van der Waals surface area contributed by atoms with Crippen LogP contribution in [0.1, 0.15) is 37.7 Å². The summed E-state index contributed by atoms with van der Waals surface area (Å²) in [5, 5.41) is 21.6. The molecule has 2 aliphatic carbocycles. The molecule has 1 aromatic rings. The number of benzene rings is 1. The number of phenols is 1. The third-order valence-corrected chi connectivity index (χ3v) is 5.63. The molecule has 0 heterocycles. The molecule has 116 valence electrons. The summed E-state index contributed by atoms with van der Waals surface area (Å²) in [4.78, 5) is 2.17. The Kier molecular flexibility index (Phi) is 3.98. The van der Waals surface area contributed by atoms with E-state index >= 15 is 0 Å². The molecule has 0 aromatic heterocycles. The van der Waals surface area contributed by atoms with E-state index in [1.807, 2.05) is 12.1 Å². The normalized spacial score (nSPS) is 35.9. The lowest BCUT2D eigenvalue weighted by Crippen LogP contribution is -2.50. The molecule has 0 radical (unpaired) electrons. The van der Waals surface area contributed by atoms with Crippen molar-refractivity contribution in [2.45, 2.75) is 37.7 Å². The lowest BCUT2D eigenvalue weighted by Gasteiger charge is -2.49. The summed E-state index contributed by atoms with van der Waals surface area (Å²) in [6.45, 7) is 0.898. The molecule has 0 aliphatic heterocycles. The van der Waals surface area contributed by atoms with Crippen LogP contribution in [0.5, 0.6) is 5.75 Å². The van der Waals surface area contributed by atoms with Crippen molar-refractivity contribution in [1.29, 1.82) is 0 Å². The molecule has 2 fully saturated rings. The number of aliphatic hydroxyl groups is 1. The van der Waals surface area contributed by atoms with Gasteiger partial charge in [0.1, 0.15) is 5.75 Å². The summed E-state index contributed by atoms with van der Waals surface area (Å²) in [5.74, 6) is 1.49. The summed E-state index contributed by atoms with van der Waals surface area (Å²) >= 11 is 0. The largest absolute Gasteiger partial charge is 0.508 e. The number of aromatic hydroxyl groups is 1. The predicted octanol–water partition coefficient (Wildman–Crippen LogP) is 2.97. The van der Waals surface area contributed by atoms with Crippen molar-refractivity contribution in [3.8, 4) is 5.75 Å². The van der Waals surface area contributed by atoms with Crippen LogP contribution >= 0.6 is 0 Å². The third kappa shape index (κ3) is 2.58. The second-order valence-electron chi connectivity index (χ2n) is 7.21. The Morgan fingerprint density at radius 2 is 2.00 bits per heavy atom. The SMILES string of the molecule is CN(C)CC1CCC2CCCC2C1(O)c1cccc(O)c1. The van der Waals surface area contributed by atoms with E-state index in [9.17, 15) is 10.2 Å². The number of hydrogen-bond acceptors (Lipinski definition) is 3. The minimum absolute atomic E-state index is 0.244. The Bertz CT molecular complexity index is 502. The zero-order valence-electron chi connectivity index (χ0n) is 13.1. The molecule has 0 saturated heterocycles. The average Bonchev–Trinajstić information content (AvgIpc) is 2.91. The van der Waals surface area contributed by atoms with E-state index in [4.69, 9.17) is 0 Å². The number of rotatable bonds is 3. The molecule has 4 atom stereocenters. The number of fused-ring (bicyclic) bond motifs is 1. The van der Waals surface area contributed by atoms with Crippen LogP contribution in [0.15, 0.2) is 24.3 Å². The maximum absolute atomic E-state index is 11.7. The molecular formula is C18H27NO2. The first kappa shape index (κ1) is 14.9. The van der Waals surface area contributed by atoms with E-state index in [1.54, 1.807) is 12.1 Å². The fourth-order valence-electron chi connectivity index (χ4n) is 4.78. The first-order chi connectivity index (χ1) is 10.0. The van der Waals surface area contributed by atoms with Crippen molar-refractivity contribution in [1.82, 2.24) is 4.90 Å². The van der Waals surface area contributed by atoms with Crippen LogP contribution in [0.25, 0.3) is 0 Å². The van der Waals surface area contributed by atoms with Crippen molar-refractivity contribution in [3.05, 3.63) is 29.8 Å². The van der Waals surface area contributed by atoms with Gasteiger partial charge >= 0.3 is 0 Å². The van der Waals surface area contributed by atoms with E-state index < -0.39 is 5.60 Å². The van der Waals surface area contributed by atoms with Gasteiger partial charge < -0.3 is 15.1 Å². The molecule has 3 nitrogen and oxygen atoms in total. The molecular weight excluding hydrogens is 262 g/mol. The summed E-state index contributed by atoms with van der Waals surface area (Å²) in [6, 6.07) is 7.29. The van der Waals surface area contributed by atoms with Crippen LogP contribution < -0.4 is 0 Å². The lowest BCUT2D eigenvalue weighted by atomic mass is 9.61. The van der Waals surface area contributed by atoms with E-state index in [0.29, 0.717) is 11.8 Å². The highest BCUT2D eigenvalue weighted by molar-refractivity contribution is 5.33. The zero-order valence-corrected chi connectivity index (χ0v) is 13.1. The fraction of sp³-hybridized carbons (Fsp3) is 0.667. The van der Waals surface area contributed by atoms with Crippen LogP contribution in [0.2, 0.25) is 0 Å². The fourth-order valence-corrected chi connectivity index (χ4v) is 4.78. The van der Waals surface area contributed by atoms with Gasteiger partial charge in [-0.2, -0.15) is 0 Å². The topological polar surface area (TPSA) is 43.7 Å². The number of hydrogen-bond donors (Lipinski definition) is 2. The molecule has 0 spiro atoms. The standard InChI is InChI=1S/C18H27NO2/c1-19(2)12-15-10-9-13-5-3-8-17(13)18(15,21)14-6-4-7-16(20)11-14/h4,6-7,11,13,15,17,20-21H,3,5,8-10,12H2,1-2H3. The smallest absolute Gasteiger partial charge is 0.115 e. The first-order valence-corrected chi connectivity index (χ1v) is 8.18.